The highest BCUT2D eigenvalue weighted by molar-refractivity contribution is 7.99. The minimum absolute atomic E-state index is 1.10. The van der Waals surface area contributed by atoms with E-state index >= 15 is 0 Å². The second-order valence-electron chi connectivity index (χ2n) is 3.83. The Labute approximate surface area is 85.7 Å². The van der Waals surface area contributed by atoms with Gasteiger partial charge in [-0.3, -0.25) is 0 Å². The lowest BCUT2D eigenvalue weighted by molar-refractivity contribution is 0.860. The van der Waals surface area contributed by atoms with E-state index in [1.54, 1.807) is 0 Å². The Balaban J connectivity index is 3.01. The summed E-state index contributed by atoms with van der Waals surface area (Å²) in [6.45, 7) is 9.86. The molecular weight excluding hydrogens is 178 g/mol. The molecule has 1 heterocycles. The van der Waals surface area contributed by atoms with Crippen molar-refractivity contribution in [2.75, 3.05) is 18.1 Å². The molecule has 1 rings (SSSR count). The SMILES string of the molecule is CC(C)=C1CSCCNC1=C(C)C. The van der Waals surface area contributed by atoms with Crippen LogP contribution in [-0.4, -0.2) is 18.1 Å². The van der Waals surface area contributed by atoms with E-state index in [1.807, 2.05) is 11.8 Å². The van der Waals surface area contributed by atoms with Gasteiger partial charge < -0.3 is 5.32 Å². The maximum Gasteiger partial charge on any atom is 0.0367 e. The molecule has 0 saturated carbocycles. The predicted molar refractivity (Wildman–Crippen MR) is 62.1 cm³/mol. The van der Waals surface area contributed by atoms with Gasteiger partial charge >= 0.3 is 0 Å². The molecule has 0 spiro atoms. The first-order valence-corrected chi connectivity index (χ1v) is 5.94. The normalized spacial score (nSPS) is 17.8. The average Bonchev–Trinajstić information content (AvgIpc) is 2.27. The Bertz CT molecular complexity index is 217. The van der Waals surface area contributed by atoms with E-state index in [9.17, 15) is 0 Å². The van der Waals surface area contributed by atoms with E-state index in [1.165, 1.54) is 28.2 Å². The standard InChI is InChI=1S/C11H19NS/c1-8(2)10-7-13-6-5-12-11(10)9(3)4/h12H,5-7H2,1-4H3. The van der Waals surface area contributed by atoms with E-state index in [2.05, 4.69) is 33.0 Å². The van der Waals surface area contributed by atoms with Crippen LogP contribution in [0.4, 0.5) is 0 Å². The molecule has 0 aromatic carbocycles. The van der Waals surface area contributed by atoms with Crippen molar-refractivity contribution in [1.82, 2.24) is 5.32 Å². The van der Waals surface area contributed by atoms with Gasteiger partial charge in [-0.25, -0.2) is 0 Å². The summed E-state index contributed by atoms with van der Waals surface area (Å²) >= 11 is 2.02. The Kier molecular flexibility index (Phi) is 3.91. The molecule has 0 atom stereocenters. The fourth-order valence-corrected chi connectivity index (χ4v) is 2.50. The minimum atomic E-state index is 1.10. The van der Waals surface area contributed by atoms with E-state index in [0.717, 1.165) is 12.3 Å². The molecule has 0 aromatic rings. The first kappa shape index (κ1) is 10.7. The van der Waals surface area contributed by atoms with Gasteiger partial charge in [-0.05, 0) is 33.3 Å². The van der Waals surface area contributed by atoms with Crippen molar-refractivity contribution < 1.29 is 0 Å². The molecule has 0 unspecified atom stereocenters. The van der Waals surface area contributed by atoms with Gasteiger partial charge in [0, 0.05) is 23.7 Å². The van der Waals surface area contributed by atoms with Crippen molar-refractivity contribution in [3.05, 3.63) is 22.4 Å². The third-order valence-electron chi connectivity index (χ3n) is 2.20. The molecule has 0 amide bonds. The summed E-state index contributed by atoms with van der Waals surface area (Å²) in [5, 5.41) is 3.51. The van der Waals surface area contributed by atoms with Crippen LogP contribution in [-0.2, 0) is 0 Å². The molecule has 74 valence electrons. The smallest absolute Gasteiger partial charge is 0.0367 e. The Morgan fingerprint density at radius 2 is 1.85 bits per heavy atom. The third-order valence-corrected chi connectivity index (χ3v) is 3.19. The lowest BCUT2D eigenvalue weighted by atomic mass is 10.1. The lowest BCUT2D eigenvalue weighted by Crippen LogP contribution is -2.17. The van der Waals surface area contributed by atoms with Crippen LogP contribution in [0.3, 0.4) is 0 Å². The summed E-state index contributed by atoms with van der Waals surface area (Å²) in [4.78, 5) is 0. The highest BCUT2D eigenvalue weighted by atomic mass is 32.2. The van der Waals surface area contributed by atoms with Gasteiger partial charge in [-0.1, -0.05) is 11.1 Å². The molecule has 1 fully saturated rings. The number of thioether (sulfide) groups is 1. The lowest BCUT2D eigenvalue weighted by Gasteiger charge is -2.13. The summed E-state index contributed by atoms with van der Waals surface area (Å²) in [6, 6.07) is 0. The van der Waals surface area contributed by atoms with Gasteiger partial charge in [0.2, 0.25) is 0 Å². The highest BCUT2D eigenvalue weighted by Gasteiger charge is 2.11. The molecule has 1 aliphatic rings. The van der Waals surface area contributed by atoms with E-state index < -0.39 is 0 Å². The van der Waals surface area contributed by atoms with Crippen molar-refractivity contribution >= 4 is 11.8 Å². The highest BCUT2D eigenvalue weighted by Crippen LogP contribution is 2.23. The molecule has 13 heavy (non-hydrogen) atoms. The van der Waals surface area contributed by atoms with Crippen LogP contribution < -0.4 is 5.32 Å². The predicted octanol–water partition coefficient (Wildman–Crippen LogP) is 2.95. The average molecular weight is 197 g/mol. The van der Waals surface area contributed by atoms with Crippen LogP contribution >= 0.6 is 11.8 Å². The third kappa shape index (κ3) is 2.80. The zero-order valence-electron chi connectivity index (χ0n) is 9.03. The number of hydrogen-bond donors (Lipinski definition) is 1. The second kappa shape index (κ2) is 4.75. The van der Waals surface area contributed by atoms with Gasteiger partial charge in [0.05, 0.1) is 0 Å². The number of hydrogen-bond acceptors (Lipinski definition) is 2. The van der Waals surface area contributed by atoms with Crippen molar-refractivity contribution in [3.63, 3.8) is 0 Å². The number of allylic oxidation sites excluding steroid dienone is 3. The van der Waals surface area contributed by atoms with Gasteiger partial charge in [0.15, 0.2) is 0 Å². The minimum Gasteiger partial charge on any atom is -0.384 e. The maximum absolute atomic E-state index is 3.51. The molecule has 0 aliphatic carbocycles. The molecule has 0 radical (unpaired) electrons. The monoisotopic (exact) mass is 197 g/mol. The van der Waals surface area contributed by atoms with Gasteiger partial charge in [0.1, 0.15) is 0 Å². The van der Waals surface area contributed by atoms with E-state index in [4.69, 9.17) is 0 Å². The molecule has 1 aliphatic heterocycles. The van der Waals surface area contributed by atoms with Crippen LogP contribution in [0.2, 0.25) is 0 Å². The first-order chi connectivity index (χ1) is 6.13. The zero-order valence-corrected chi connectivity index (χ0v) is 9.85. The van der Waals surface area contributed by atoms with Crippen LogP contribution in [0, 0.1) is 0 Å². The van der Waals surface area contributed by atoms with E-state index in [0.29, 0.717) is 0 Å². The number of nitrogens with one attached hydrogen (secondary N) is 1. The fourth-order valence-electron chi connectivity index (χ4n) is 1.47. The summed E-state index contributed by atoms with van der Waals surface area (Å²) in [5.74, 6) is 2.38. The molecule has 0 bridgehead atoms. The van der Waals surface area contributed by atoms with Crippen molar-refractivity contribution in [2.45, 2.75) is 27.7 Å². The fraction of sp³-hybridized carbons (Fsp3) is 0.636. The molecule has 1 N–H and O–H groups in total. The van der Waals surface area contributed by atoms with Crippen molar-refractivity contribution in [2.24, 2.45) is 0 Å². The van der Waals surface area contributed by atoms with E-state index in [-0.39, 0.29) is 0 Å². The van der Waals surface area contributed by atoms with Gasteiger partial charge in [0.25, 0.3) is 0 Å². The summed E-state index contributed by atoms with van der Waals surface area (Å²) in [6.07, 6.45) is 0. The van der Waals surface area contributed by atoms with Gasteiger partial charge in [-0.2, -0.15) is 11.8 Å². The summed E-state index contributed by atoms with van der Waals surface area (Å²) < 4.78 is 0. The van der Waals surface area contributed by atoms with Crippen molar-refractivity contribution in [3.8, 4) is 0 Å². The Morgan fingerprint density at radius 1 is 1.15 bits per heavy atom. The van der Waals surface area contributed by atoms with Crippen LogP contribution in [0.25, 0.3) is 0 Å². The molecule has 0 aromatic heterocycles. The van der Waals surface area contributed by atoms with Crippen LogP contribution in [0.5, 0.6) is 0 Å². The number of rotatable bonds is 0. The second-order valence-corrected chi connectivity index (χ2v) is 4.94. The molecule has 1 nitrogen and oxygen atoms in total. The van der Waals surface area contributed by atoms with Crippen LogP contribution in [0.1, 0.15) is 27.7 Å². The first-order valence-electron chi connectivity index (χ1n) is 4.78. The summed E-state index contributed by atoms with van der Waals surface area (Å²) in [5.41, 5.74) is 5.73. The Hall–Kier alpha value is -0.370. The molecule has 1 saturated heterocycles. The Morgan fingerprint density at radius 3 is 2.38 bits per heavy atom. The van der Waals surface area contributed by atoms with Crippen LogP contribution in [0.15, 0.2) is 22.4 Å². The largest absolute Gasteiger partial charge is 0.384 e. The van der Waals surface area contributed by atoms with Gasteiger partial charge in [-0.15, -0.1) is 0 Å². The topological polar surface area (TPSA) is 12.0 Å². The maximum atomic E-state index is 3.51. The van der Waals surface area contributed by atoms with Crippen molar-refractivity contribution in [1.29, 1.82) is 0 Å². The summed E-state index contributed by atoms with van der Waals surface area (Å²) in [7, 11) is 0. The molecule has 2 heteroatoms. The molecular formula is C11H19NS. The quantitative estimate of drug-likeness (QED) is 0.641. The zero-order chi connectivity index (χ0) is 9.84.